The summed E-state index contributed by atoms with van der Waals surface area (Å²) in [6.45, 7) is 2.31. The van der Waals surface area contributed by atoms with Crippen LogP contribution in [0, 0.1) is 5.92 Å². The maximum atomic E-state index is 2.45. The third-order valence-corrected chi connectivity index (χ3v) is 2.48. The lowest BCUT2D eigenvalue weighted by Gasteiger charge is -2.10. The molecule has 0 fully saturated rings. The Kier molecular flexibility index (Phi) is 1.40. The van der Waals surface area contributed by atoms with Crippen LogP contribution in [0.15, 0.2) is 23.3 Å². The van der Waals surface area contributed by atoms with Crippen LogP contribution < -0.4 is 0 Å². The monoisotopic (exact) mass is 134 g/mol. The van der Waals surface area contributed by atoms with Gasteiger partial charge in [0.25, 0.3) is 0 Å². The van der Waals surface area contributed by atoms with Gasteiger partial charge in [0.1, 0.15) is 0 Å². The first kappa shape index (κ1) is 6.21. The van der Waals surface area contributed by atoms with E-state index in [0.29, 0.717) is 0 Å². The summed E-state index contributed by atoms with van der Waals surface area (Å²) in [5, 5.41) is 0. The lowest BCUT2D eigenvalue weighted by atomic mass is 9.96. The summed E-state index contributed by atoms with van der Waals surface area (Å²) in [6.07, 6.45) is 10.2. The lowest BCUT2D eigenvalue weighted by Crippen LogP contribution is -1.91. The van der Waals surface area contributed by atoms with Crippen LogP contribution in [0.2, 0.25) is 0 Å². The number of rotatable bonds is 0. The van der Waals surface area contributed by atoms with E-state index in [1.54, 1.807) is 11.1 Å². The quantitative estimate of drug-likeness (QED) is 0.477. The van der Waals surface area contributed by atoms with Gasteiger partial charge in [0, 0.05) is 0 Å². The van der Waals surface area contributed by atoms with Gasteiger partial charge in [-0.2, -0.15) is 0 Å². The van der Waals surface area contributed by atoms with Gasteiger partial charge in [-0.3, -0.25) is 0 Å². The van der Waals surface area contributed by atoms with E-state index in [1.165, 1.54) is 25.7 Å². The van der Waals surface area contributed by atoms with E-state index >= 15 is 0 Å². The molecule has 0 aromatic heterocycles. The van der Waals surface area contributed by atoms with Crippen LogP contribution in [-0.2, 0) is 0 Å². The minimum absolute atomic E-state index is 0.819. The van der Waals surface area contributed by atoms with Gasteiger partial charge in [-0.25, -0.2) is 0 Å². The van der Waals surface area contributed by atoms with Crippen LogP contribution >= 0.6 is 0 Å². The van der Waals surface area contributed by atoms with Crippen molar-refractivity contribution in [3.05, 3.63) is 23.3 Å². The Morgan fingerprint density at radius 3 is 3.10 bits per heavy atom. The fourth-order valence-electron chi connectivity index (χ4n) is 2.01. The average Bonchev–Trinajstić information content (AvgIpc) is 2.27. The maximum absolute atomic E-state index is 2.45. The van der Waals surface area contributed by atoms with Crippen molar-refractivity contribution in [3.8, 4) is 0 Å². The minimum Gasteiger partial charge on any atom is -0.0810 e. The van der Waals surface area contributed by atoms with Crippen LogP contribution in [-0.4, -0.2) is 0 Å². The van der Waals surface area contributed by atoms with Crippen molar-refractivity contribution in [1.82, 2.24) is 0 Å². The van der Waals surface area contributed by atoms with Gasteiger partial charge in [0.2, 0.25) is 0 Å². The van der Waals surface area contributed by atoms with Crippen molar-refractivity contribution in [1.29, 1.82) is 0 Å². The fourth-order valence-corrected chi connectivity index (χ4v) is 2.01. The van der Waals surface area contributed by atoms with Gasteiger partial charge in [-0.05, 0) is 42.7 Å². The molecule has 2 aliphatic rings. The predicted octanol–water partition coefficient (Wildman–Crippen LogP) is 3.06. The number of fused-ring (bicyclic) bond motifs is 1. The molecule has 0 heterocycles. The molecule has 0 aromatic rings. The zero-order chi connectivity index (χ0) is 6.97. The third-order valence-electron chi connectivity index (χ3n) is 2.48. The summed E-state index contributed by atoms with van der Waals surface area (Å²) in [6, 6.07) is 0. The molecule has 0 spiro atoms. The van der Waals surface area contributed by atoms with Crippen LogP contribution in [0.25, 0.3) is 0 Å². The summed E-state index contributed by atoms with van der Waals surface area (Å²) < 4.78 is 0. The molecule has 0 aromatic carbocycles. The second-order valence-corrected chi connectivity index (χ2v) is 3.49. The largest absolute Gasteiger partial charge is 0.0810 e. The van der Waals surface area contributed by atoms with Crippen molar-refractivity contribution >= 4 is 0 Å². The van der Waals surface area contributed by atoms with Gasteiger partial charge >= 0.3 is 0 Å². The van der Waals surface area contributed by atoms with Crippen molar-refractivity contribution < 1.29 is 0 Å². The van der Waals surface area contributed by atoms with Crippen LogP contribution in [0.5, 0.6) is 0 Å². The molecule has 0 heteroatoms. The Morgan fingerprint density at radius 1 is 1.40 bits per heavy atom. The molecular formula is C10H14. The summed E-state index contributed by atoms with van der Waals surface area (Å²) in [5.41, 5.74) is 3.30. The van der Waals surface area contributed by atoms with Gasteiger partial charge in [0.05, 0.1) is 0 Å². The Hall–Kier alpha value is -0.520. The van der Waals surface area contributed by atoms with E-state index < -0.39 is 0 Å². The third kappa shape index (κ3) is 0.920. The van der Waals surface area contributed by atoms with E-state index in [4.69, 9.17) is 0 Å². The zero-order valence-electron chi connectivity index (χ0n) is 6.56. The molecule has 0 saturated heterocycles. The van der Waals surface area contributed by atoms with Crippen LogP contribution in [0.1, 0.15) is 32.6 Å². The Labute approximate surface area is 62.6 Å². The highest BCUT2D eigenvalue weighted by Crippen LogP contribution is 2.35. The van der Waals surface area contributed by atoms with Gasteiger partial charge in [-0.1, -0.05) is 19.1 Å². The molecule has 1 atom stereocenters. The van der Waals surface area contributed by atoms with E-state index in [-0.39, 0.29) is 0 Å². The Balaban J connectivity index is 2.27. The summed E-state index contributed by atoms with van der Waals surface area (Å²) in [5.74, 6) is 0.819. The molecule has 1 unspecified atom stereocenters. The van der Waals surface area contributed by atoms with Crippen LogP contribution in [0.3, 0.4) is 0 Å². The van der Waals surface area contributed by atoms with E-state index in [9.17, 15) is 0 Å². The smallest absolute Gasteiger partial charge is 0.0216 e. The fraction of sp³-hybridized carbons (Fsp3) is 0.600. The van der Waals surface area contributed by atoms with Crippen molar-refractivity contribution in [2.75, 3.05) is 0 Å². The summed E-state index contributed by atoms with van der Waals surface area (Å²) >= 11 is 0. The van der Waals surface area contributed by atoms with Crippen molar-refractivity contribution in [3.63, 3.8) is 0 Å². The second-order valence-electron chi connectivity index (χ2n) is 3.49. The highest BCUT2D eigenvalue weighted by molar-refractivity contribution is 5.38. The number of allylic oxidation sites excluding steroid dienone is 4. The Bertz CT molecular complexity index is 196. The standard InChI is InChI=1S/C10H14/c1-8-6-9-4-2-3-5-10(9)7-8/h4,7-8H,2-3,5-6H2,1H3. The summed E-state index contributed by atoms with van der Waals surface area (Å²) in [7, 11) is 0. The molecule has 0 nitrogen and oxygen atoms in total. The molecule has 2 aliphatic carbocycles. The molecule has 0 aliphatic heterocycles. The molecule has 10 heavy (non-hydrogen) atoms. The first-order chi connectivity index (χ1) is 4.86. The first-order valence-corrected chi connectivity index (χ1v) is 4.26. The zero-order valence-corrected chi connectivity index (χ0v) is 6.56. The predicted molar refractivity (Wildman–Crippen MR) is 43.8 cm³/mol. The molecule has 2 rings (SSSR count). The SMILES string of the molecule is CC1C=C2CCCC=C2C1. The molecule has 54 valence electrons. The molecule has 0 saturated carbocycles. The normalized spacial score (nSPS) is 31.1. The van der Waals surface area contributed by atoms with E-state index in [0.717, 1.165) is 5.92 Å². The maximum Gasteiger partial charge on any atom is -0.0216 e. The topological polar surface area (TPSA) is 0 Å². The molecule has 0 radical (unpaired) electrons. The van der Waals surface area contributed by atoms with Gasteiger partial charge in [0.15, 0.2) is 0 Å². The van der Waals surface area contributed by atoms with E-state index in [2.05, 4.69) is 19.1 Å². The van der Waals surface area contributed by atoms with Crippen molar-refractivity contribution in [2.45, 2.75) is 32.6 Å². The molecular weight excluding hydrogens is 120 g/mol. The van der Waals surface area contributed by atoms with Crippen LogP contribution in [0.4, 0.5) is 0 Å². The average molecular weight is 134 g/mol. The minimum atomic E-state index is 0.819. The lowest BCUT2D eigenvalue weighted by molar-refractivity contribution is 0.745. The Morgan fingerprint density at radius 2 is 2.30 bits per heavy atom. The van der Waals surface area contributed by atoms with Crippen molar-refractivity contribution in [2.24, 2.45) is 5.92 Å². The first-order valence-electron chi connectivity index (χ1n) is 4.26. The molecule has 0 N–H and O–H groups in total. The van der Waals surface area contributed by atoms with Gasteiger partial charge < -0.3 is 0 Å². The molecule has 0 amide bonds. The number of hydrogen-bond donors (Lipinski definition) is 0. The van der Waals surface area contributed by atoms with Gasteiger partial charge in [-0.15, -0.1) is 0 Å². The molecule has 0 bridgehead atoms. The second kappa shape index (κ2) is 2.26. The highest BCUT2D eigenvalue weighted by atomic mass is 14.2. The van der Waals surface area contributed by atoms with E-state index in [1.807, 2.05) is 0 Å². The summed E-state index contributed by atoms with van der Waals surface area (Å²) in [4.78, 5) is 0. The number of hydrogen-bond acceptors (Lipinski definition) is 0. The highest BCUT2D eigenvalue weighted by Gasteiger charge is 2.18.